The van der Waals surface area contributed by atoms with Gasteiger partial charge in [0.1, 0.15) is 6.17 Å². The molecule has 0 N–H and O–H groups in total. The summed E-state index contributed by atoms with van der Waals surface area (Å²) in [7, 11) is 0. The first-order valence-electron chi connectivity index (χ1n) is 12.8. The van der Waals surface area contributed by atoms with E-state index in [1.54, 1.807) is 11.0 Å². The number of rotatable bonds is 6. The van der Waals surface area contributed by atoms with Crippen LogP contribution in [0.2, 0.25) is 0 Å². The van der Waals surface area contributed by atoms with Gasteiger partial charge in [0.05, 0.1) is 11.3 Å². The van der Waals surface area contributed by atoms with E-state index in [1.807, 2.05) is 58.3 Å². The third kappa shape index (κ3) is 3.77. The van der Waals surface area contributed by atoms with Gasteiger partial charge >= 0.3 is 0 Å². The number of anilines is 1. The van der Waals surface area contributed by atoms with Crippen molar-refractivity contribution in [2.45, 2.75) is 44.8 Å². The fourth-order valence-electron chi connectivity index (χ4n) is 5.80. The summed E-state index contributed by atoms with van der Waals surface area (Å²) in [6.45, 7) is 2.02. The molecule has 3 aliphatic heterocycles. The summed E-state index contributed by atoms with van der Waals surface area (Å²) in [5.74, 6) is 0.0997. The molecule has 3 aliphatic rings. The van der Waals surface area contributed by atoms with E-state index in [9.17, 15) is 14.4 Å². The molecule has 1 unspecified atom stereocenters. The minimum Gasteiger partial charge on any atom is -0.338 e. The largest absolute Gasteiger partial charge is 0.338 e. The highest BCUT2D eigenvalue weighted by Gasteiger charge is 2.47. The summed E-state index contributed by atoms with van der Waals surface area (Å²) in [6.07, 6.45) is 3.45. The number of fused-ring (bicyclic) bond motifs is 6. The predicted molar refractivity (Wildman–Crippen MR) is 138 cm³/mol. The van der Waals surface area contributed by atoms with Crippen LogP contribution in [0.5, 0.6) is 0 Å². The topological polar surface area (TPSA) is 60.9 Å². The Morgan fingerprint density at radius 1 is 0.778 bits per heavy atom. The van der Waals surface area contributed by atoms with E-state index >= 15 is 0 Å². The highest BCUT2D eigenvalue weighted by molar-refractivity contribution is 6.16. The van der Waals surface area contributed by atoms with Gasteiger partial charge in [0, 0.05) is 37.2 Å². The molecular weight excluding hydrogens is 450 g/mol. The van der Waals surface area contributed by atoms with Crippen LogP contribution in [0.4, 0.5) is 5.69 Å². The van der Waals surface area contributed by atoms with Crippen LogP contribution in [0.25, 0.3) is 0 Å². The van der Waals surface area contributed by atoms with Crippen LogP contribution in [0, 0.1) is 0 Å². The maximum atomic E-state index is 13.5. The van der Waals surface area contributed by atoms with Crippen LogP contribution in [-0.4, -0.2) is 40.6 Å². The molecule has 3 aromatic carbocycles. The zero-order valence-corrected chi connectivity index (χ0v) is 20.2. The standard InChI is InChI=1S/C30H29N3O3/c34-27(31-19-17-21-10-3-4-11-22(21)20-31)16-2-1-9-18-32-28-23-12-5-6-13-24(23)30(36)33(28)26-15-8-7-14-25(26)29(32)35/h3-8,10-15,28H,1-2,9,16-20H2. The van der Waals surface area contributed by atoms with Crippen molar-refractivity contribution in [3.05, 3.63) is 101 Å². The average Bonchev–Trinajstić information content (AvgIpc) is 3.22. The summed E-state index contributed by atoms with van der Waals surface area (Å²) < 4.78 is 0. The summed E-state index contributed by atoms with van der Waals surface area (Å²) in [5.41, 5.74) is 5.37. The smallest absolute Gasteiger partial charge is 0.260 e. The Hall–Kier alpha value is -3.93. The predicted octanol–water partition coefficient (Wildman–Crippen LogP) is 4.95. The van der Waals surface area contributed by atoms with Crippen molar-refractivity contribution in [1.29, 1.82) is 0 Å². The molecule has 6 heteroatoms. The van der Waals surface area contributed by atoms with E-state index in [0.29, 0.717) is 36.3 Å². The second kappa shape index (κ2) is 9.26. The van der Waals surface area contributed by atoms with Crippen molar-refractivity contribution in [2.24, 2.45) is 0 Å². The second-order valence-corrected chi connectivity index (χ2v) is 9.80. The fourth-order valence-corrected chi connectivity index (χ4v) is 5.80. The van der Waals surface area contributed by atoms with Crippen molar-refractivity contribution in [1.82, 2.24) is 9.80 Å². The minimum absolute atomic E-state index is 0.0422. The van der Waals surface area contributed by atoms with Crippen LogP contribution < -0.4 is 4.90 Å². The molecular formula is C30H29N3O3. The number of amides is 3. The van der Waals surface area contributed by atoms with Gasteiger partial charge in [-0.2, -0.15) is 0 Å². The molecule has 0 saturated carbocycles. The van der Waals surface area contributed by atoms with Crippen molar-refractivity contribution in [3.8, 4) is 0 Å². The van der Waals surface area contributed by atoms with Crippen LogP contribution in [0.15, 0.2) is 72.8 Å². The number of hydrogen-bond acceptors (Lipinski definition) is 3. The molecule has 0 aromatic heterocycles. The van der Waals surface area contributed by atoms with Crippen molar-refractivity contribution >= 4 is 23.4 Å². The monoisotopic (exact) mass is 479 g/mol. The van der Waals surface area contributed by atoms with Gasteiger partial charge in [-0.15, -0.1) is 0 Å². The molecule has 6 nitrogen and oxygen atoms in total. The number of para-hydroxylation sites is 1. The first-order chi connectivity index (χ1) is 17.6. The fraction of sp³-hybridized carbons (Fsp3) is 0.300. The van der Waals surface area contributed by atoms with Gasteiger partial charge < -0.3 is 9.80 Å². The van der Waals surface area contributed by atoms with Crippen LogP contribution >= 0.6 is 0 Å². The molecule has 0 radical (unpaired) electrons. The lowest BCUT2D eigenvalue weighted by molar-refractivity contribution is -0.132. The number of carbonyl (C=O) groups excluding carboxylic acids is 3. The molecule has 0 saturated heterocycles. The zero-order valence-electron chi connectivity index (χ0n) is 20.2. The maximum absolute atomic E-state index is 13.5. The van der Waals surface area contributed by atoms with E-state index in [1.165, 1.54) is 11.1 Å². The average molecular weight is 480 g/mol. The lowest BCUT2D eigenvalue weighted by Crippen LogP contribution is -2.48. The highest BCUT2D eigenvalue weighted by Crippen LogP contribution is 2.45. The van der Waals surface area contributed by atoms with E-state index in [-0.39, 0.29) is 17.7 Å². The maximum Gasteiger partial charge on any atom is 0.260 e. The number of hydrogen-bond donors (Lipinski definition) is 0. The Kier molecular flexibility index (Phi) is 5.80. The third-order valence-electron chi connectivity index (χ3n) is 7.66. The lowest BCUT2D eigenvalue weighted by Gasteiger charge is -2.41. The van der Waals surface area contributed by atoms with Crippen molar-refractivity contribution in [2.75, 3.05) is 18.0 Å². The number of unbranched alkanes of at least 4 members (excludes halogenated alkanes) is 2. The molecule has 0 aliphatic carbocycles. The van der Waals surface area contributed by atoms with Gasteiger partial charge in [-0.25, -0.2) is 0 Å². The first-order valence-corrected chi connectivity index (χ1v) is 12.8. The van der Waals surface area contributed by atoms with E-state index in [0.717, 1.165) is 37.8 Å². The molecule has 0 bridgehead atoms. The van der Waals surface area contributed by atoms with Gasteiger partial charge in [0.15, 0.2) is 0 Å². The van der Waals surface area contributed by atoms with E-state index in [2.05, 4.69) is 18.2 Å². The van der Waals surface area contributed by atoms with Crippen molar-refractivity contribution < 1.29 is 14.4 Å². The Morgan fingerprint density at radius 2 is 1.50 bits per heavy atom. The lowest BCUT2D eigenvalue weighted by atomic mass is 9.99. The molecule has 6 rings (SSSR count). The molecule has 182 valence electrons. The highest BCUT2D eigenvalue weighted by atomic mass is 16.2. The van der Waals surface area contributed by atoms with Crippen LogP contribution in [0.1, 0.15) is 69.3 Å². The SMILES string of the molecule is O=C(CCCCCN1C(=O)c2ccccc2N2C(=O)c3ccccc3C12)N1CCc2ccccc2C1. The Balaban J connectivity index is 1.10. The van der Waals surface area contributed by atoms with Gasteiger partial charge in [-0.3, -0.25) is 19.3 Å². The minimum atomic E-state index is -0.411. The first kappa shape index (κ1) is 22.5. The number of nitrogens with zero attached hydrogens (tertiary/aromatic N) is 3. The normalized spacial score (nSPS) is 18.0. The van der Waals surface area contributed by atoms with Gasteiger partial charge in [0.2, 0.25) is 5.91 Å². The molecule has 36 heavy (non-hydrogen) atoms. The van der Waals surface area contributed by atoms with Crippen molar-refractivity contribution in [3.63, 3.8) is 0 Å². The molecule has 1 atom stereocenters. The van der Waals surface area contributed by atoms with Gasteiger partial charge in [-0.05, 0) is 48.6 Å². The second-order valence-electron chi connectivity index (χ2n) is 9.80. The third-order valence-corrected chi connectivity index (χ3v) is 7.66. The van der Waals surface area contributed by atoms with E-state index < -0.39 is 6.17 Å². The quantitative estimate of drug-likeness (QED) is 0.470. The Morgan fingerprint density at radius 3 is 2.36 bits per heavy atom. The summed E-state index contributed by atoms with van der Waals surface area (Å²) >= 11 is 0. The Labute approximate surface area is 211 Å². The van der Waals surface area contributed by atoms with Gasteiger partial charge in [-0.1, -0.05) is 61.0 Å². The van der Waals surface area contributed by atoms with E-state index in [4.69, 9.17) is 0 Å². The Bertz CT molecular complexity index is 1350. The van der Waals surface area contributed by atoms with Crippen LogP contribution in [0.3, 0.4) is 0 Å². The number of benzene rings is 3. The summed E-state index contributed by atoms with van der Waals surface area (Å²) in [6, 6.07) is 23.3. The molecule has 3 heterocycles. The van der Waals surface area contributed by atoms with Crippen LogP contribution in [-0.2, 0) is 17.8 Å². The summed E-state index contributed by atoms with van der Waals surface area (Å²) in [5, 5.41) is 0. The summed E-state index contributed by atoms with van der Waals surface area (Å²) in [4.78, 5) is 45.1. The zero-order chi connectivity index (χ0) is 24.6. The number of carbonyl (C=O) groups is 3. The molecule has 3 amide bonds. The molecule has 3 aromatic rings. The molecule has 0 fully saturated rings. The van der Waals surface area contributed by atoms with Gasteiger partial charge in [0.25, 0.3) is 11.8 Å². The molecule has 0 spiro atoms.